The predicted octanol–water partition coefficient (Wildman–Crippen LogP) is 4.37. The summed E-state index contributed by atoms with van der Waals surface area (Å²) in [5.74, 6) is 1.69. The van der Waals surface area contributed by atoms with E-state index in [0.29, 0.717) is 23.4 Å². The van der Waals surface area contributed by atoms with Crippen molar-refractivity contribution in [1.82, 2.24) is 29.5 Å². The molecule has 5 rings (SSSR count). The number of fused-ring (bicyclic) bond motifs is 1. The molecule has 5 aromatic rings. The first-order valence-electron chi connectivity index (χ1n) is 10.4. The minimum Gasteiger partial charge on any atom is -0.351 e. The molecule has 0 radical (unpaired) electrons. The molecular formula is C24H22N8. The van der Waals surface area contributed by atoms with Crippen molar-refractivity contribution in [2.75, 3.05) is 10.6 Å². The van der Waals surface area contributed by atoms with E-state index in [4.69, 9.17) is 4.98 Å². The topological polar surface area (TPSA) is 92.9 Å². The molecule has 8 nitrogen and oxygen atoms in total. The van der Waals surface area contributed by atoms with Crippen molar-refractivity contribution in [2.45, 2.75) is 19.4 Å². The second kappa shape index (κ2) is 8.81. The Morgan fingerprint density at radius 2 is 1.69 bits per heavy atom. The standard InChI is InChI=1S/C24H22N8/c1-17(14-18-8-4-2-5-9-18)28-23-25-13-12-21(30-23)31-24-29-20(19-10-6-3-7-11-19)15-22-26-16-27-32(22)24/h2-13,15-17H,14H2,1H3,(H2,25,28,29,30,31)/t17-/m0/s1. The molecule has 3 heterocycles. The Bertz CT molecular complexity index is 1320. The van der Waals surface area contributed by atoms with Gasteiger partial charge in [-0.1, -0.05) is 60.7 Å². The summed E-state index contributed by atoms with van der Waals surface area (Å²) in [5, 5.41) is 10.9. The van der Waals surface area contributed by atoms with Gasteiger partial charge in [-0.2, -0.15) is 14.6 Å². The molecule has 2 N–H and O–H groups in total. The quantitative estimate of drug-likeness (QED) is 0.402. The molecule has 0 saturated heterocycles. The Morgan fingerprint density at radius 1 is 0.906 bits per heavy atom. The molecule has 0 aliphatic heterocycles. The lowest BCUT2D eigenvalue weighted by Gasteiger charge is -2.15. The highest BCUT2D eigenvalue weighted by molar-refractivity contribution is 5.66. The largest absolute Gasteiger partial charge is 0.351 e. The van der Waals surface area contributed by atoms with Crippen LogP contribution in [0.25, 0.3) is 16.9 Å². The van der Waals surface area contributed by atoms with Crippen LogP contribution in [0.15, 0.2) is 85.3 Å². The van der Waals surface area contributed by atoms with E-state index >= 15 is 0 Å². The van der Waals surface area contributed by atoms with Crippen molar-refractivity contribution in [2.24, 2.45) is 0 Å². The minimum atomic E-state index is 0.175. The molecule has 1 atom stereocenters. The fourth-order valence-corrected chi connectivity index (χ4v) is 3.52. The molecule has 0 amide bonds. The van der Waals surface area contributed by atoms with Crippen molar-refractivity contribution in [3.63, 3.8) is 0 Å². The lowest BCUT2D eigenvalue weighted by molar-refractivity contribution is 0.777. The van der Waals surface area contributed by atoms with Gasteiger partial charge in [-0.05, 0) is 25.0 Å². The van der Waals surface area contributed by atoms with Crippen LogP contribution in [0.2, 0.25) is 0 Å². The zero-order chi connectivity index (χ0) is 21.8. The molecule has 8 heteroatoms. The number of nitrogens with one attached hydrogen (secondary N) is 2. The van der Waals surface area contributed by atoms with Crippen LogP contribution in [0.4, 0.5) is 17.7 Å². The fourth-order valence-electron chi connectivity index (χ4n) is 3.52. The molecule has 0 aliphatic rings. The molecule has 0 bridgehead atoms. The van der Waals surface area contributed by atoms with Gasteiger partial charge in [0.05, 0.1) is 5.69 Å². The lowest BCUT2D eigenvalue weighted by Crippen LogP contribution is -2.20. The zero-order valence-electron chi connectivity index (χ0n) is 17.6. The van der Waals surface area contributed by atoms with Crippen LogP contribution >= 0.6 is 0 Å². The second-order valence-corrected chi connectivity index (χ2v) is 7.49. The number of hydrogen-bond donors (Lipinski definition) is 2. The molecule has 158 valence electrons. The summed E-state index contributed by atoms with van der Waals surface area (Å²) in [6, 6.07) is 24.2. The Hall–Kier alpha value is -4.33. The number of hydrogen-bond acceptors (Lipinski definition) is 7. The normalized spacial score (nSPS) is 11.9. The third-order valence-electron chi connectivity index (χ3n) is 4.99. The third-order valence-corrected chi connectivity index (χ3v) is 4.99. The summed E-state index contributed by atoms with van der Waals surface area (Å²) in [6.45, 7) is 2.11. The maximum atomic E-state index is 4.75. The summed E-state index contributed by atoms with van der Waals surface area (Å²) in [5.41, 5.74) is 3.76. The van der Waals surface area contributed by atoms with Crippen molar-refractivity contribution in [3.05, 3.63) is 90.9 Å². The number of nitrogens with zero attached hydrogens (tertiary/aromatic N) is 6. The predicted molar refractivity (Wildman–Crippen MR) is 125 cm³/mol. The van der Waals surface area contributed by atoms with Gasteiger partial charge in [0, 0.05) is 23.9 Å². The van der Waals surface area contributed by atoms with Gasteiger partial charge in [0.15, 0.2) is 5.65 Å². The Morgan fingerprint density at radius 3 is 2.50 bits per heavy atom. The maximum Gasteiger partial charge on any atom is 0.232 e. The minimum absolute atomic E-state index is 0.175. The average Bonchev–Trinajstić information content (AvgIpc) is 3.30. The van der Waals surface area contributed by atoms with Crippen LogP contribution in [0.5, 0.6) is 0 Å². The Balaban J connectivity index is 1.38. The van der Waals surface area contributed by atoms with Gasteiger partial charge in [-0.15, -0.1) is 0 Å². The molecule has 32 heavy (non-hydrogen) atoms. The lowest BCUT2D eigenvalue weighted by atomic mass is 10.1. The first-order chi connectivity index (χ1) is 15.7. The summed E-state index contributed by atoms with van der Waals surface area (Å²) in [4.78, 5) is 18.1. The fraction of sp³-hybridized carbons (Fsp3) is 0.125. The molecular weight excluding hydrogens is 400 g/mol. The van der Waals surface area contributed by atoms with Gasteiger partial charge in [0.25, 0.3) is 0 Å². The van der Waals surface area contributed by atoms with Crippen LogP contribution in [-0.2, 0) is 6.42 Å². The highest BCUT2D eigenvalue weighted by Crippen LogP contribution is 2.22. The van der Waals surface area contributed by atoms with E-state index in [0.717, 1.165) is 17.7 Å². The van der Waals surface area contributed by atoms with E-state index in [1.165, 1.54) is 11.9 Å². The highest BCUT2D eigenvalue weighted by atomic mass is 15.4. The smallest absolute Gasteiger partial charge is 0.232 e. The number of benzene rings is 2. The van der Waals surface area contributed by atoms with E-state index in [1.807, 2.05) is 54.6 Å². The van der Waals surface area contributed by atoms with E-state index < -0.39 is 0 Å². The molecule has 0 spiro atoms. The van der Waals surface area contributed by atoms with Crippen molar-refractivity contribution in [3.8, 4) is 11.3 Å². The molecule has 2 aromatic carbocycles. The van der Waals surface area contributed by atoms with Crippen molar-refractivity contribution >= 4 is 23.4 Å². The van der Waals surface area contributed by atoms with Crippen molar-refractivity contribution < 1.29 is 0 Å². The van der Waals surface area contributed by atoms with Gasteiger partial charge in [-0.25, -0.2) is 15.0 Å². The maximum absolute atomic E-state index is 4.75. The van der Waals surface area contributed by atoms with Crippen LogP contribution in [0.1, 0.15) is 12.5 Å². The van der Waals surface area contributed by atoms with E-state index in [9.17, 15) is 0 Å². The highest BCUT2D eigenvalue weighted by Gasteiger charge is 2.11. The van der Waals surface area contributed by atoms with E-state index in [1.54, 1.807) is 16.8 Å². The van der Waals surface area contributed by atoms with Crippen LogP contribution in [0.3, 0.4) is 0 Å². The summed E-state index contributed by atoms with van der Waals surface area (Å²) in [6.07, 6.45) is 4.10. The van der Waals surface area contributed by atoms with Gasteiger partial charge in [-0.3, -0.25) is 0 Å². The van der Waals surface area contributed by atoms with Crippen LogP contribution in [0, 0.1) is 0 Å². The first-order valence-corrected chi connectivity index (χ1v) is 10.4. The first kappa shape index (κ1) is 19.6. The van der Waals surface area contributed by atoms with Crippen molar-refractivity contribution in [1.29, 1.82) is 0 Å². The average molecular weight is 422 g/mol. The Labute approximate surface area is 185 Å². The number of anilines is 3. The monoisotopic (exact) mass is 422 g/mol. The van der Waals surface area contributed by atoms with E-state index in [2.05, 4.69) is 49.7 Å². The molecule has 0 unspecified atom stereocenters. The van der Waals surface area contributed by atoms with Crippen LogP contribution < -0.4 is 10.6 Å². The summed E-state index contributed by atoms with van der Waals surface area (Å²) < 4.78 is 1.65. The second-order valence-electron chi connectivity index (χ2n) is 7.49. The molecule has 3 aromatic heterocycles. The summed E-state index contributed by atoms with van der Waals surface area (Å²) in [7, 11) is 0. The number of aromatic nitrogens is 6. The molecule has 0 aliphatic carbocycles. The van der Waals surface area contributed by atoms with Gasteiger partial charge in [0.1, 0.15) is 12.1 Å². The van der Waals surface area contributed by atoms with Gasteiger partial charge < -0.3 is 10.6 Å². The Kier molecular flexibility index (Phi) is 5.40. The molecule has 0 fully saturated rings. The third kappa shape index (κ3) is 4.39. The SMILES string of the molecule is C[C@@H](Cc1ccccc1)Nc1nccc(Nc2nc(-c3ccccc3)cc3ncnn23)n1. The van der Waals surface area contributed by atoms with E-state index in [-0.39, 0.29) is 6.04 Å². The van der Waals surface area contributed by atoms with Crippen LogP contribution in [-0.4, -0.2) is 35.6 Å². The van der Waals surface area contributed by atoms with Gasteiger partial charge in [0.2, 0.25) is 11.9 Å². The summed E-state index contributed by atoms with van der Waals surface area (Å²) >= 11 is 0. The van der Waals surface area contributed by atoms with Gasteiger partial charge >= 0.3 is 0 Å². The number of rotatable bonds is 7. The molecule has 0 saturated carbocycles. The zero-order valence-corrected chi connectivity index (χ0v) is 17.6.